The largest absolute Gasteiger partial charge is 0.465 e. The second-order valence-electron chi connectivity index (χ2n) is 20.1. The maximum absolute atomic E-state index is 13.5. The standard InChI is InChI=1S/C51H66N12O4/c1-51(2,27-42(65)49-38(31-58(4)40-16-6-12-34-14-10-24-54-48(34)40)56-44-18-8-20-46(62(44)49)59-25-21-35(52)28-59)63(50(66)67)36-22-26-60(29-36)45-19-7-17-43-55-37(41(32-64)61(43)45)30-57(3)39-15-5-11-33-13-9-23-53-47(33)39/h7-10,13-14,17-20,23-24,35-36,39-40,42,64-65H,5-6,11-12,15-16,21-22,25-32,52H2,1-4H3,(H,66,67)/t35-,36-,39+,40+,42?/m1/s1. The molecule has 6 aromatic rings. The van der Waals surface area contributed by atoms with E-state index in [1.165, 1.54) is 11.1 Å². The van der Waals surface area contributed by atoms with E-state index in [0.29, 0.717) is 44.8 Å². The molecule has 0 bridgehead atoms. The van der Waals surface area contributed by atoms with Crippen LogP contribution in [-0.2, 0) is 32.5 Å². The Morgan fingerprint density at radius 1 is 0.776 bits per heavy atom. The molecule has 0 saturated carbocycles. The highest BCUT2D eigenvalue weighted by atomic mass is 16.4. The van der Waals surface area contributed by atoms with Crippen molar-refractivity contribution in [1.82, 2.24) is 43.4 Å². The lowest BCUT2D eigenvalue weighted by molar-refractivity contribution is 0.0300. The van der Waals surface area contributed by atoms with Crippen molar-refractivity contribution < 1.29 is 20.1 Å². The van der Waals surface area contributed by atoms with Crippen LogP contribution < -0.4 is 15.5 Å². The van der Waals surface area contributed by atoms with Gasteiger partial charge in [-0.25, -0.2) is 14.8 Å². The molecule has 10 rings (SSSR count). The molecule has 1 amide bonds. The molecular weight excluding hydrogens is 845 g/mol. The van der Waals surface area contributed by atoms with Gasteiger partial charge in [-0.15, -0.1) is 0 Å². The Bertz CT molecular complexity index is 2750. The number of aliphatic hydroxyl groups excluding tert-OH is 2. The van der Waals surface area contributed by atoms with E-state index in [4.69, 9.17) is 25.7 Å². The zero-order valence-corrected chi connectivity index (χ0v) is 39.4. The number of imidazole rings is 2. The molecule has 5 N–H and O–H groups in total. The number of aryl methyl sites for hydroxylation is 2. The first kappa shape index (κ1) is 45.1. The Balaban J connectivity index is 0.920. The van der Waals surface area contributed by atoms with Crippen LogP contribution in [0.4, 0.5) is 16.4 Å². The summed E-state index contributed by atoms with van der Waals surface area (Å²) < 4.78 is 4.12. The molecule has 1 unspecified atom stereocenters. The first-order valence-corrected chi connectivity index (χ1v) is 24.2. The highest BCUT2D eigenvalue weighted by Gasteiger charge is 2.43. The molecular formula is C51H66N12O4. The number of hydrogen-bond donors (Lipinski definition) is 4. The summed E-state index contributed by atoms with van der Waals surface area (Å²) in [7, 11) is 4.22. The van der Waals surface area contributed by atoms with Crippen molar-refractivity contribution in [3.05, 3.63) is 118 Å². The molecule has 16 heteroatoms. The van der Waals surface area contributed by atoms with Crippen LogP contribution in [-0.4, -0.2) is 123 Å². The summed E-state index contributed by atoms with van der Waals surface area (Å²) in [6.45, 7) is 7.23. The molecule has 0 aromatic carbocycles. The Kier molecular flexibility index (Phi) is 12.4. The minimum Gasteiger partial charge on any atom is -0.465 e. The quantitative estimate of drug-likeness (QED) is 0.0960. The zero-order chi connectivity index (χ0) is 46.6. The summed E-state index contributed by atoms with van der Waals surface area (Å²) in [6, 6.07) is 20.3. The van der Waals surface area contributed by atoms with Crippen molar-refractivity contribution in [2.45, 2.75) is 127 Å². The molecule has 2 fully saturated rings. The average Bonchev–Trinajstić information content (AvgIpc) is 4.13. The second-order valence-corrected chi connectivity index (χ2v) is 20.1. The van der Waals surface area contributed by atoms with Gasteiger partial charge in [-0.1, -0.05) is 24.3 Å². The summed E-state index contributed by atoms with van der Waals surface area (Å²) in [5.74, 6) is 1.79. The van der Waals surface area contributed by atoms with Crippen LogP contribution in [0.2, 0.25) is 0 Å². The van der Waals surface area contributed by atoms with E-state index in [1.807, 2.05) is 73.1 Å². The van der Waals surface area contributed by atoms with E-state index in [-0.39, 0.29) is 37.2 Å². The Hall–Kier alpha value is -5.65. The van der Waals surface area contributed by atoms with Crippen LogP contribution in [0, 0.1) is 0 Å². The topological polar surface area (TPSA) is 180 Å². The molecule has 4 aliphatic rings. The predicted octanol–water partition coefficient (Wildman–Crippen LogP) is 6.28. The van der Waals surface area contributed by atoms with Crippen LogP contribution in [0.15, 0.2) is 73.1 Å². The summed E-state index contributed by atoms with van der Waals surface area (Å²) in [6.07, 6.45) is 9.46. The number of nitrogens with zero attached hydrogens (tertiary/aromatic N) is 11. The second kappa shape index (κ2) is 18.4. The maximum atomic E-state index is 13.5. The molecule has 6 aromatic heterocycles. The Labute approximate surface area is 392 Å². The van der Waals surface area contributed by atoms with Crippen molar-refractivity contribution in [2.75, 3.05) is 50.1 Å². The number of hydrogen-bond acceptors (Lipinski definition) is 12. The number of amides is 1. The minimum absolute atomic E-state index is 0.0492. The van der Waals surface area contributed by atoms with Gasteiger partial charge in [0.05, 0.1) is 65.0 Å². The minimum atomic E-state index is -1.05. The van der Waals surface area contributed by atoms with Crippen molar-refractivity contribution in [3.8, 4) is 0 Å². The molecule has 5 atom stereocenters. The highest BCUT2D eigenvalue weighted by molar-refractivity contribution is 5.67. The molecule has 0 spiro atoms. The first-order valence-electron chi connectivity index (χ1n) is 24.2. The predicted molar refractivity (Wildman–Crippen MR) is 258 cm³/mol. The fraction of sp³-hybridized carbons (Fsp3) is 0.510. The first-order chi connectivity index (χ1) is 32.4. The highest BCUT2D eigenvalue weighted by Crippen LogP contribution is 2.40. The van der Waals surface area contributed by atoms with Gasteiger partial charge < -0.3 is 30.9 Å². The van der Waals surface area contributed by atoms with Gasteiger partial charge in [0, 0.05) is 69.7 Å². The number of rotatable bonds is 14. The lowest BCUT2D eigenvalue weighted by Crippen LogP contribution is -2.54. The van der Waals surface area contributed by atoms with Gasteiger partial charge >= 0.3 is 6.09 Å². The smallest absolute Gasteiger partial charge is 0.408 e. The van der Waals surface area contributed by atoms with E-state index >= 15 is 0 Å². The van der Waals surface area contributed by atoms with Crippen molar-refractivity contribution in [2.24, 2.45) is 5.73 Å². The number of aliphatic hydroxyl groups is 2. The molecule has 67 heavy (non-hydrogen) atoms. The van der Waals surface area contributed by atoms with Gasteiger partial charge in [0.15, 0.2) is 0 Å². The average molecular weight is 911 g/mol. The SMILES string of the molecule is CN(Cc1nc2cccc(N3CC[C@@H](N(C(=O)O)C(C)(C)CC(O)c4c(CN(C)[C@H]5CCCc6cccnc65)nc5cccc(N6CC[C@@H](N)C6)n45)C3)n2c1CO)[C@H]1CCCc2cccnc21. The third kappa shape index (κ3) is 8.51. The van der Waals surface area contributed by atoms with Crippen LogP contribution in [0.1, 0.15) is 122 Å². The molecule has 2 aliphatic heterocycles. The van der Waals surface area contributed by atoms with E-state index < -0.39 is 17.7 Å². The van der Waals surface area contributed by atoms with Crippen LogP contribution in [0.5, 0.6) is 0 Å². The van der Waals surface area contributed by atoms with Crippen molar-refractivity contribution in [1.29, 1.82) is 0 Å². The third-order valence-electron chi connectivity index (χ3n) is 15.1. The molecule has 8 heterocycles. The van der Waals surface area contributed by atoms with Gasteiger partial charge in [0.2, 0.25) is 0 Å². The van der Waals surface area contributed by atoms with Gasteiger partial charge in [-0.2, -0.15) is 0 Å². The van der Waals surface area contributed by atoms with Crippen LogP contribution in [0.3, 0.4) is 0 Å². The van der Waals surface area contributed by atoms with Gasteiger partial charge in [-0.3, -0.25) is 33.5 Å². The van der Waals surface area contributed by atoms with E-state index in [2.05, 4.69) is 56.3 Å². The normalized spacial score (nSPS) is 21.4. The summed E-state index contributed by atoms with van der Waals surface area (Å²) in [5.41, 5.74) is 14.7. The van der Waals surface area contributed by atoms with E-state index in [0.717, 1.165) is 103 Å². The maximum Gasteiger partial charge on any atom is 0.408 e. The molecule has 354 valence electrons. The van der Waals surface area contributed by atoms with Gasteiger partial charge in [0.1, 0.15) is 22.9 Å². The van der Waals surface area contributed by atoms with Crippen LogP contribution >= 0.6 is 0 Å². The zero-order valence-electron chi connectivity index (χ0n) is 39.4. The molecule has 16 nitrogen and oxygen atoms in total. The van der Waals surface area contributed by atoms with Gasteiger partial charge in [-0.05, 0) is 127 Å². The Morgan fingerprint density at radius 3 is 1.94 bits per heavy atom. The lowest BCUT2D eigenvalue weighted by atomic mass is 9.90. The number of pyridine rings is 4. The fourth-order valence-corrected chi connectivity index (χ4v) is 12.0. The third-order valence-corrected chi connectivity index (χ3v) is 15.1. The molecule has 2 saturated heterocycles. The van der Waals surface area contributed by atoms with Crippen LogP contribution in [0.25, 0.3) is 11.3 Å². The fourth-order valence-electron chi connectivity index (χ4n) is 12.0. The monoisotopic (exact) mass is 911 g/mol. The number of aromatic nitrogens is 6. The number of carbonyl (C=O) groups is 1. The molecule has 0 radical (unpaired) electrons. The summed E-state index contributed by atoms with van der Waals surface area (Å²) in [4.78, 5) is 44.0. The summed E-state index contributed by atoms with van der Waals surface area (Å²) >= 11 is 0. The van der Waals surface area contributed by atoms with Crippen molar-refractivity contribution >= 4 is 29.0 Å². The molecule has 2 aliphatic carbocycles. The Morgan fingerprint density at radius 2 is 1.34 bits per heavy atom. The van der Waals surface area contributed by atoms with Gasteiger partial charge in [0.25, 0.3) is 0 Å². The summed E-state index contributed by atoms with van der Waals surface area (Å²) in [5, 5.41) is 34.7. The lowest BCUT2D eigenvalue weighted by Gasteiger charge is -2.42. The number of fused-ring (bicyclic) bond motifs is 4. The number of nitrogens with two attached hydrogens (primary N) is 1. The van der Waals surface area contributed by atoms with E-state index in [1.54, 1.807) is 4.90 Å². The number of carboxylic acid groups (broad SMARTS) is 1. The van der Waals surface area contributed by atoms with Crippen molar-refractivity contribution in [3.63, 3.8) is 0 Å². The number of anilines is 2. The van der Waals surface area contributed by atoms with E-state index in [9.17, 15) is 20.1 Å².